The molecule has 1 aliphatic rings. The van der Waals surface area contributed by atoms with Gasteiger partial charge < -0.3 is 5.73 Å². The summed E-state index contributed by atoms with van der Waals surface area (Å²) in [5.41, 5.74) is 11.3. The number of carbonyl (C=O) groups is 1. The highest BCUT2D eigenvalue weighted by Gasteiger charge is 2.15. The van der Waals surface area contributed by atoms with Crippen molar-refractivity contribution in [2.24, 2.45) is 5.73 Å². The SMILES string of the molecule is Cc1ccc(Cc2nc(-c3ccc(-c4cccc(CN5CCS(=O)CC5)c4)cc3)n[nH]2)cc1.NC=O. The van der Waals surface area contributed by atoms with Gasteiger partial charge in [-0.3, -0.25) is 19.0 Å². The van der Waals surface area contributed by atoms with Crippen LogP contribution >= 0.6 is 0 Å². The lowest BCUT2D eigenvalue weighted by Gasteiger charge is -2.26. The number of primary amides is 1. The van der Waals surface area contributed by atoms with E-state index in [1.165, 1.54) is 27.8 Å². The Morgan fingerprint density at radius 3 is 2.31 bits per heavy atom. The summed E-state index contributed by atoms with van der Waals surface area (Å²) in [5, 5.41) is 7.50. The molecule has 36 heavy (non-hydrogen) atoms. The number of hydrogen-bond donors (Lipinski definition) is 2. The van der Waals surface area contributed by atoms with Gasteiger partial charge in [0, 0.05) is 53.9 Å². The second-order valence-electron chi connectivity index (χ2n) is 8.81. The van der Waals surface area contributed by atoms with Crippen molar-refractivity contribution >= 4 is 17.2 Å². The number of nitrogens with one attached hydrogen (secondary N) is 1. The Morgan fingerprint density at radius 2 is 1.61 bits per heavy atom. The number of aromatic amines is 1. The molecule has 3 aromatic carbocycles. The molecule has 7 nitrogen and oxygen atoms in total. The van der Waals surface area contributed by atoms with Crippen LogP contribution in [-0.2, 0) is 28.6 Å². The second-order valence-corrected chi connectivity index (χ2v) is 10.5. The molecule has 3 N–H and O–H groups in total. The first-order chi connectivity index (χ1) is 17.5. The van der Waals surface area contributed by atoms with E-state index in [1.54, 1.807) is 0 Å². The second kappa shape index (κ2) is 12.4. The molecule has 0 aliphatic carbocycles. The van der Waals surface area contributed by atoms with Crippen LogP contribution in [0.5, 0.6) is 0 Å². The van der Waals surface area contributed by atoms with E-state index in [2.05, 4.69) is 101 Å². The van der Waals surface area contributed by atoms with E-state index in [0.29, 0.717) is 0 Å². The highest BCUT2D eigenvalue weighted by Crippen LogP contribution is 2.25. The standard InChI is InChI=1S/C27H28N4OS.CH3NO/c1-20-5-7-21(8-6-20)18-26-28-27(30-29-26)24-11-9-23(10-12-24)25-4-2-3-22(17-25)19-31-13-15-33(32)16-14-31;2-1-3/h2-12,17H,13-16,18-19H2,1H3,(H,28,29,30);1H,(H2,2,3). The molecule has 0 radical (unpaired) electrons. The minimum absolute atomic E-state index is 0.250. The van der Waals surface area contributed by atoms with E-state index in [4.69, 9.17) is 9.78 Å². The van der Waals surface area contributed by atoms with Crippen molar-refractivity contribution in [1.82, 2.24) is 20.1 Å². The topological polar surface area (TPSA) is 105 Å². The van der Waals surface area contributed by atoms with Crippen molar-refractivity contribution < 1.29 is 9.00 Å². The summed E-state index contributed by atoms with van der Waals surface area (Å²) in [6.45, 7) is 4.82. The Morgan fingerprint density at radius 1 is 0.944 bits per heavy atom. The van der Waals surface area contributed by atoms with Crippen molar-refractivity contribution in [2.75, 3.05) is 24.6 Å². The molecule has 0 atom stereocenters. The molecular weight excluding hydrogens is 470 g/mol. The summed E-state index contributed by atoms with van der Waals surface area (Å²) < 4.78 is 11.6. The van der Waals surface area contributed by atoms with E-state index in [-0.39, 0.29) is 6.41 Å². The van der Waals surface area contributed by atoms with Crippen LogP contribution < -0.4 is 5.73 Å². The number of rotatable bonds is 6. The van der Waals surface area contributed by atoms with Crippen LogP contribution in [0.1, 0.15) is 22.5 Å². The number of carbonyl (C=O) groups excluding carboxylic acids is 1. The van der Waals surface area contributed by atoms with E-state index >= 15 is 0 Å². The molecule has 2 heterocycles. The molecule has 4 aromatic rings. The van der Waals surface area contributed by atoms with Gasteiger partial charge in [-0.15, -0.1) is 0 Å². The van der Waals surface area contributed by atoms with Gasteiger partial charge in [-0.2, -0.15) is 5.10 Å². The zero-order chi connectivity index (χ0) is 25.3. The minimum atomic E-state index is -0.635. The number of hydrogen-bond acceptors (Lipinski definition) is 5. The summed E-state index contributed by atoms with van der Waals surface area (Å²) in [5.74, 6) is 3.16. The lowest BCUT2D eigenvalue weighted by Crippen LogP contribution is -2.37. The molecule has 0 bridgehead atoms. The highest BCUT2D eigenvalue weighted by molar-refractivity contribution is 7.85. The molecular formula is C28H31N5O2S. The van der Waals surface area contributed by atoms with Gasteiger partial charge in [0.2, 0.25) is 6.41 Å². The summed E-state index contributed by atoms with van der Waals surface area (Å²) in [7, 11) is -0.635. The third-order valence-electron chi connectivity index (χ3n) is 6.10. The fourth-order valence-corrected chi connectivity index (χ4v) is 5.28. The normalized spacial score (nSPS) is 14.1. The van der Waals surface area contributed by atoms with Crippen LogP contribution in [0, 0.1) is 6.92 Å². The van der Waals surface area contributed by atoms with Crippen LogP contribution in [0.3, 0.4) is 0 Å². The maximum atomic E-state index is 11.6. The van der Waals surface area contributed by atoms with Crippen LogP contribution in [-0.4, -0.2) is 55.3 Å². The fraction of sp³-hybridized carbons (Fsp3) is 0.250. The zero-order valence-corrected chi connectivity index (χ0v) is 21.2. The predicted molar refractivity (Wildman–Crippen MR) is 145 cm³/mol. The van der Waals surface area contributed by atoms with Gasteiger partial charge in [0.25, 0.3) is 0 Å². The fourth-order valence-electron chi connectivity index (χ4n) is 4.16. The Balaban J connectivity index is 0.000000967. The first-order valence-electron chi connectivity index (χ1n) is 11.9. The van der Waals surface area contributed by atoms with Gasteiger partial charge in [0.15, 0.2) is 5.82 Å². The Bertz CT molecular complexity index is 1290. The zero-order valence-electron chi connectivity index (χ0n) is 20.4. The van der Waals surface area contributed by atoms with Crippen molar-refractivity contribution in [3.63, 3.8) is 0 Å². The monoisotopic (exact) mass is 501 g/mol. The third-order valence-corrected chi connectivity index (χ3v) is 7.38. The maximum Gasteiger partial charge on any atom is 0.204 e. The van der Waals surface area contributed by atoms with E-state index in [9.17, 15) is 4.21 Å². The lowest BCUT2D eigenvalue weighted by atomic mass is 10.0. The summed E-state index contributed by atoms with van der Waals surface area (Å²) in [6.07, 6.45) is 0.991. The van der Waals surface area contributed by atoms with Gasteiger partial charge in [0.05, 0.1) is 0 Å². The van der Waals surface area contributed by atoms with E-state index < -0.39 is 10.8 Å². The van der Waals surface area contributed by atoms with Crippen LogP contribution in [0.15, 0.2) is 72.8 Å². The van der Waals surface area contributed by atoms with Crippen molar-refractivity contribution in [1.29, 1.82) is 0 Å². The van der Waals surface area contributed by atoms with E-state index in [0.717, 1.165) is 54.8 Å². The van der Waals surface area contributed by atoms with Crippen molar-refractivity contribution in [2.45, 2.75) is 19.9 Å². The average Bonchev–Trinajstić information content (AvgIpc) is 3.36. The van der Waals surface area contributed by atoms with Gasteiger partial charge in [-0.05, 0) is 35.2 Å². The smallest absolute Gasteiger partial charge is 0.204 e. The Labute approximate surface area is 214 Å². The average molecular weight is 502 g/mol. The molecule has 0 saturated carbocycles. The largest absolute Gasteiger partial charge is 0.372 e. The van der Waals surface area contributed by atoms with Gasteiger partial charge in [-0.25, -0.2) is 4.98 Å². The first-order valence-corrected chi connectivity index (χ1v) is 13.4. The van der Waals surface area contributed by atoms with E-state index in [1.807, 2.05) is 0 Å². The third kappa shape index (κ3) is 6.96. The molecule has 1 aromatic heterocycles. The van der Waals surface area contributed by atoms with Crippen molar-refractivity contribution in [3.05, 3.63) is 95.3 Å². The molecule has 5 rings (SSSR count). The van der Waals surface area contributed by atoms with Crippen LogP contribution in [0.4, 0.5) is 0 Å². The van der Waals surface area contributed by atoms with Gasteiger partial charge in [0.1, 0.15) is 5.82 Å². The van der Waals surface area contributed by atoms with Gasteiger partial charge >= 0.3 is 0 Å². The number of nitrogens with zero attached hydrogens (tertiary/aromatic N) is 3. The summed E-state index contributed by atoms with van der Waals surface area (Å²) >= 11 is 0. The number of aromatic nitrogens is 3. The van der Waals surface area contributed by atoms with Gasteiger partial charge in [-0.1, -0.05) is 72.3 Å². The highest BCUT2D eigenvalue weighted by atomic mass is 32.2. The molecule has 1 amide bonds. The number of amides is 1. The molecule has 1 saturated heterocycles. The molecule has 8 heteroatoms. The quantitative estimate of drug-likeness (QED) is 0.392. The Hall–Kier alpha value is -3.62. The number of aryl methyl sites for hydroxylation is 1. The lowest BCUT2D eigenvalue weighted by molar-refractivity contribution is -0.106. The molecule has 0 unspecified atom stereocenters. The molecule has 1 aliphatic heterocycles. The Kier molecular flexibility index (Phi) is 8.76. The first kappa shape index (κ1) is 25.5. The molecule has 0 spiro atoms. The van der Waals surface area contributed by atoms with Crippen LogP contribution in [0.2, 0.25) is 0 Å². The predicted octanol–water partition coefficient (Wildman–Crippen LogP) is 3.70. The molecule has 186 valence electrons. The van der Waals surface area contributed by atoms with Crippen LogP contribution in [0.25, 0.3) is 22.5 Å². The summed E-state index contributed by atoms with van der Waals surface area (Å²) in [4.78, 5) is 15.7. The maximum absolute atomic E-state index is 11.6. The molecule has 1 fully saturated rings. The van der Waals surface area contributed by atoms with Crippen molar-refractivity contribution in [3.8, 4) is 22.5 Å². The summed E-state index contributed by atoms with van der Waals surface area (Å²) in [6, 6.07) is 25.6. The number of nitrogens with two attached hydrogens (primary N) is 1. The number of H-pyrrole nitrogens is 1. The number of benzene rings is 3. The minimum Gasteiger partial charge on any atom is -0.372 e.